The fraction of sp³-hybridized carbons (Fsp3) is 0.294. The summed E-state index contributed by atoms with van der Waals surface area (Å²) in [6.45, 7) is 4.56. The van der Waals surface area contributed by atoms with Crippen molar-refractivity contribution in [1.82, 2.24) is 4.98 Å². The van der Waals surface area contributed by atoms with Crippen LogP contribution in [-0.2, 0) is 6.42 Å². The molecular formula is C17H18N2O2. The van der Waals surface area contributed by atoms with Crippen molar-refractivity contribution in [2.75, 3.05) is 11.4 Å². The predicted molar refractivity (Wildman–Crippen MR) is 82.8 cm³/mol. The maximum absolute atomic E-state index is 12.7. The van der Waals surface area contributed by atoms with E-state index in [2.05, 4.69) is 11.9 Å². The quantitative estimate of drug-likeness (QED) is 0.873. The molecule has 1 N–H and O–H groups in total. The predicted octanol–water partition coefficient (Wildman–Crippen LogP) is 2.52. The molecule has 1 unspecified atom stereocenters. The number of anilines is 1. The Labute approximate surface area is 123 Å². The number of carbonyl (C=O) groups is 1. The molecule has 4 heteroatoms. The summed E-state index contributed by atoms with van der Waals surface area (Å²) >= 11 is 0. The summed E-state index contributed by atoms with van der Waals surface area (Å²) in [5.74, 6) is 0.156. The molecule has 0 radical (unpaired) electrons. The van der Waals surface area contributed by atoms with E-state index in [0.717, 1.165) is 23.4 Å². The number of amides is 1. The van der Waals surface area contributed by atoms with Crippen LogP contribution in [0.5, 0.6) is 0 Å². The molecule has 21 heavy (non-hydrogen) atoms. The monoisotopic (exact) mass is 282 g/mol. The van der Waals surface area contributed by atoms with E-state index in [4.69, 9.17) is 0 Å². The van der Waals surface area contributed by atoms with Gasteiger partial charge in [-0.15, -0.1) is 0 Å². The molecule has 0 spiro atoms. The number of pyridine rings is 1. The highest BCUT2D eigenvalue weighted by Gasteiger charge is 2.28. The zero-order chi connectivity index (χ0) is 15.0. The van der Waals surface area contributed by atoms with Crippen LogP contribution in [0.15, 0.2) is 41.3 Å². The number of rotatable bonds is 1. The van der Waals surface area contributed by atoms with Gasteiger partial charge in [-0.2, -0.15) is 0 Å². The summed E-state index contributed by atoms with van der Waals surface area (Å²) in [6, 6.07) is 9.37. The molecule has 0 bridgehead atoms. The number of nitrogens with one attached hydrogen (secondary N) is 1. The number of fused-ring (bicyclic) bond motifs is 1. The van der Waals surface area contributed by atoms with E-state index in [1.54, 1.807) is 11.8 Å². The van der Waals surface area contributed by atoms with Gasteiger partial charge in [-0.05, 0) is 30.9 Å². The van der Waals surface area contributed by atoms with Crippen LogP contribution in [0, 0.1) is 12.8 Å². The van der Waals surface area contributed by atoms with Gasteiger partial charge in [-0.25, -0.2) is 0 Å². The van der Waals surface area contributed by atoms with Crippen molar-refractivity contribution in [2.45, 2.75) is 20.3 Å². The van der Waals surface area contributed by atoms with E-state index < -0.39 is 0 Å². The number of aromatic nitrogens is 1. The first-order chi connectivity index (χ1) is 10.1. The standard InChI is InChI=1S/C17H18N2O2/c1-11-7-13-5-3-4-6-15(13)19(10-11)17(21)14-9-18-12(2)8-16(14)20/h3-6,8-9,11H,7,10H2,1-2H3,(H,18,20). The average Bonchev–Trinajstić information content (AvgIpc) is 2.45. The molecule has 3 rings (SSSR count). The highest BCUT2D eigenvalue weighted by molar-refractivity contribution is 6.06. The molecule has 1 atom stereocenters. The van der Waals surface area contributed by atoms with Gasteiger partial charge in [0.05, 0.1) is 0 Å². The third kappa shape index (κ3) is 2.49. The van der Waals surface area contributed by atoms with Crippen molar-refractivity contribution < 1.29 is 4.79 Å². The van der Waals surface area contributed by atoms with Crippen LogP contribution in [0.3, 0.4) is 0 Å². The molecule has 1 aliphatic heterocycles. The van der Waals surface area contributed by atoms with Gasteiger partial charge in [0.1, 0.15) is 5.56 Å². The molecule has 0 saturated carbocycles. The zero-order valence-corrected chi connectivity index (χ0v) is 12.2. The largest absolute Gasteiger partial charge is 0.364 e. The smallest absolute Gasteiger partial charge is 0.263 e. The second kappa shape index (κ2) is 5.20. The summed E-state index contributed by atoms with van der Waals surface area (Å²) in [5, 5.41) is 0. The summed E-state index contributed by atoms with van der Waals surface area (Å²) in [4.78, 5) is 29.5. The summed E-state index contributed by atoms with van der Waals surface area (Å²) < 4.78 is 0. The molecule has 1 aromatic heterocycles. The number of nitrogens with zero attached hydrogens (tertiary/aromatic N) is 1. The average molecular weight is 282 g/mol. The molecule has 0 aliphatic carbocycles. The maximum atomic E-state index is 12.7. The van der Waals surface area contributed by atoms with E-state index in [9.17, 15) is 9.59 Å². The Morgan fingerprint density at radius 2 is 2.10 bits per heavy atom. The van der Waals surface area contributed by atoms with E-state index in [1.807, 2.05) is 24.3 Å². The number of H-pyrrole nitrogens is 1. The molecule has 2 heterocycles. The Balaban J connectivity index is 2.04. The first kappa shape index (κ1) is 13.6. The number of hydrogen-bond acceptors (Lipinski definition) is 2. The van der Waals surface area contributed by atoms with Crippen molar-refractivity contribution in [3.63, 3.8) is 0 Å². The van der Waals surface area contributed by atoms with Gasteiger partial charge in [-0.3, -0.25) is 9.59 Å². The van der Waals surface area contributed by atoms with Crippen LogP contribution in [0.25, 0.3) is 0 Å². The van der Waals surface area contributed by atoms with Gasteiger partial charge in [0.25, 0.3) is 5.91 Å². The first-order valence-electron chi connectivity index (χ1n) is 7.15. The van der Waals surface area contributed by atoms with Crippen LogP contribution >= 0.6 is 0 Å². The molecule has 0 saturated heterocycles. The van der Waals surface area contributed by atoms with Crippen molar-refractivity contribution in [3.8, 4) is 0 Å². The molecule has 1 aliphatic rings. The lowest BCUT2D eigenvalue weighted by atomic mass is 9.93. The van der Waals surface area contributed by atoms with E-state index in [0.29, 0.717) is 12.5 Å². The van der Waals surface area contributed by atoms with Gasteiger partial charge in [-0.1, -0.05) is 25.1 Å². The minimum atomic E-state index is -0.230. The second-order valence-electron chi connectivity index (χ2n) is 5.75. The lowest BCUT2D eigenvalue weighted by Gasteiger charge is -2.33. The highest BCUT2D eigenvalue weighted by Crippen LogP contribution is 2.30. The van der Waals surface area contributed by atoms with Crippen molar-refractivity contribution in [3.05, 3.63) is 63.6 Å². The summed E-state index contributed by atoms with van der Waals surface area (Å²) in [6.07, 6.45) is 2.48. The Morgan fingerprint density at radius 3 is 2.86 bits per heavy atom. The van der Waals surface area contributed by atoms with Gasteiger partial charge >= 0.3 is 0 Å². The minimum Gasteiger partial charge on any atom is -0.364 e. The van der Waals surface area contributed by atoms with E-state index in [-0.39, 0.29) is 16.9 Å². The van der Waals surface area contributed by atoms with Crippen molar-refractivity contribution in [1.29, 1.82) is 0 Å². The Hall–Kier alpha value is -2.36. The number of para-hydroxylation sites is 1. The molecule has 4 nitrogen and oxygen atoms in total. The second-order valence-corrected chi connectivity index (χ2v) is 5.75. The summed E-state index contributed by atoms with van der Waals surface area (Å²) in [5.41, 5.74) is 2.80. The fourth-order valence-electron chi connectivity index (χ4n) is 2.87. The van der Waals surface area contributed by atoms with Crippen LogP contribution in [0.1, 0.15) is 28.5 Å². The highest BCUT2D eigenvalue weighted by atomic mass is 16.2. The maximum Gasteiger partial charge on any atom is 0.263 e. The SMILES string of the molecule is Cc1cc(=O)c(C(=O)N2CC(C)Cc3ccccc32)c[nH]1. The molecule has 2 aromatic rings. The van der Waals surface area contributed by atoms with Gasteiger partial charge < -0.3 is 9.88 Å². The van der Waals surface area contributed by atoms with Crippen molar-refractivity contribution >= 4 is 11.6 Å². The van der Waals surface area contributed by atoms with Crippen LogP contribution in [0.2, 0.25) is 0 Å². The Morgan fingerprint density at radius 1 is 1.33 bits per heavy atom. The molecule has 108 valence electrons. The lowest BCUT2D eigenvalue weighted by Crippen LogP contribution is -2.41. The van der Waals surface area contributed by atoms with Crippen LogP contribution in [-0.4, -0.2) is 17.4 Å². The topological polar surface area (TPSA) is 53.2 Å². The van der Waals surface area contributed by atoms with Gasteiger partial charge in [0.15, 0.2) is 5.43 Å². The molecular weight excluding hydrogens is 264 g/mol. The normalized spacial score (nSPS) is 17.4. The third-order valence-corrected chi connectivity index (χ3v) is 3.88. The molecule has 1 aromatic carbocycles. The molecule has 1 amide bonds. The molecule has 0 fully saturated rings. The van der Waals surface area contributed by atoms with E-state index in [1.165, 1.54) is 12.3 Å². The number of aryl methyl sites for hydroxylation is 1. The van der Waals surface area contributed by atoms with Gasteiger partial charge in [0.2, 0.25) is 0 Å². The number of benzene rings is 1. The van der Waals surface area contributed by atoms with Gasteiger partial charge in [0, 0.05) is 30.2 Å². The lowest BCUT2D eigenvalue weighted by molar-refractivity contribution is 0.0979. The number of carbonyl (C=O) groups excluding carboxylic acids is 1. The summed E-state index contributed by atoms with van der Waals surface area (Å²) in [7, 11) is 0. The van der Waals surface area contributed by atoms with E-state index >= 15 is 0 Å². The zero-order valence-electron chi connectivity index (χ0n) is 12.2. The minimum absolute atomic E-state index is 0.199. The number of hydrogen-bond donors (Lipinski definition) is 1. The third-order valence-electron chi connectivity index (χ3n) is 3.88. The number of aromatic amines is 1. The van der Waals surface area contributed by atoms with Crippen LogP contribution < -0.4 is 10.3 Å². The van der Waals surface area contributed by atoms with Crippen molar-refractivity contribution in [2.24, 2.45) is 5.92 Å². The Bertz CT molecular complexity index is 748. The fourth-order valence-corrected chi connectivity index (χ4v) is 2.87. The Kier molecular flexibility index (Phi) is 3.37. The van der Waals surface area contributed by atoms with Crippen LogP contribution in [0.4, 0.5) is 5.69 Å². The first-order valence-corrected chi connectivity index (χ1v) is 7.15.